The fourth-order valence-corrected chi connectivity index (χ4v) is 1.76. The number of nitrogens with zero attached hydrogens (tertiary/aromatic N) is 1. The zero-order chi connectivity index (χ0) is 10.6. The van der Waals surface area contributed by atoms with Crippen molar-refractivity contribution < 1.29 is 0 Å². The molecule has 0 fully saturated rings. The highest BCUT2D eigenvalue weighted by Crippen LogP contribution is 2.16. The zero-order valence-electron chi connectivity index (χ0n) is 9.59. The Labute approximate surface area is 86.3 Å². The number of hydrogen-bond acceptors (Lipinski definition) is 2. The lowest BCUT2D eigenvalue weighted by atomic mass is 10.1. The van der Waals surface area contributed by atoms with Crippen molar-refractivity contribution in [2.24, 2.45) is 0 Å². The first-order valence-electron chi connectivity index (χ1n) is 5.44. The van der Waals surface area contributed by atoms with E-state index < -0.39 is 0 Å². The van der Waals surface area contributed by atoms with Crippen molar-refractivity contribution in [3.63, 3.8) is 0 Å². The van der Waals surface area contributed by atoms with Crippen LogP contribution in [0.25, 0.3) is 0 Å². The number of aryl methyl sites for hydroxylation is 1. The largest absolute Gasteiger partial charge is 0.307 e. The molecular formula is C11H21N3. The van der Waals surface area contributed by atoms with Gasteiger partial charge < -0.3 is 5.32 Å². The number of rotatable bonds is 5. The smallest absolute Gasteiger partial charge is 0.0537 e. The van der Waals surface area contributed by atoms with E-state index >= 15 is 0 Å². The van der Waals surface area contributed by atoms with Gasteiger partial charge in [0.2, 0.25) is 0 Å². The Kier molecular flexibility index (Phi) is 4.14. The number of aromatic amines is 1. The van der Waals surface area contributed by atoms with Crippen LogP contribution in [0.3, 0.4) is 0 Å². The predicted octanol–water partition coefficient (Wildman–Crippen LogP) is 2.56. The molecule has 14 heavy (non-hydrogen) atoms. The van der Waals surface area contributed by atoms with Gasteiger partial charge in [-0.15, -0.1) is 0 Å². The summed E-state index contributed by atoms with van der Waals surface area (Å²) in [5.74, 6) is 0. The first-order valence-corrected chi connectivity index (χ1v) is 5.44. The molecular weight excluding hydrogens is 174 g/mol. The lowest BCUT2D eigenvalue weighted by molar-refractivity contribution is 0.431. The lowest BCUT2D eigenvalue weighted by Crippen LogP contribution is -2.30. The molecule has 0 aliphatic rings. The molecule has 0 bridgehead atoms. The second-order valence-corrected chi connectivity index (χ2v) is 3.85. The molecule has 1 atom stereocenters. The Balaban J connectivity index is 2.58. The Bertz CT molecular complexity index is 263. The minimum atomic E-state index is 0.388. The summed E-state index contributed by atoms with van der Waals surface area (Å²) in [6, 6.07) is 0.998. The van der Waals surface area contributed by atoms with E-state index in [1.165, 1.54) is 18.4 Å². The SMILES string of the molecule is CCC(CC)NC(C)c1cn[nH]c1C. The molecule has 3 heteroatoms. The molecule has 3 nitrogen and oxygen atoms in total. The summed E-state index contributed by atoms with van der Waals surface area (Å²) < 4.78 is 0. The van der Waals surface area contributed by atoms with Gasteiger partial charge in [-0.05, 0) is 26.7 Å². The van der Waals surface area contributed by atoms with Gasteiger partial charge in [0, 0.05) is 23.3 Å². The van der Waals surface area contributed by atoms with Gasteiger partial charge in [-0.25, -0.2) is 0 Å². The van der Waals surface area contributed by atoms with Crippen LogP contribution >= 0.6 is 0 Å². The van der Waals surface area contributed by atoms with Gasteiger partial charge in [0.15, 0.2) is 0 Å². The van der Waals surface area contributed by atoms with E-state index in [4.69, 9.17) is 0 Å². The van der Waals surface area contributed by atoms with Crippen molar-refractivity contribution in [2.75, 3.05) is 0 Å². The first-order chi connectivity index (χ1) is 6.69. The lowest BCUT2D eigenvalue weighted by Gasteiger charge is -2.20. The third-order valence-electron chi connectivity index (χ3n) is 2.81. The molecule has 0 spiro atoms. The second kappa shape index (κ2) is 5.15. The highest BCUT2D eigenvalue weighted by Gasteiger charge is 2.12. The maximum Gasteiger partial charge on any atom is 0.0537 e. The van der Waals surface area contributed by atoms with E-state index in [1.54, 1.807) is 0 Å². The Hall–Kier alpha value is -0.830. The fraction of sp³-hybridized carbons (Fsp3) is 0.727. The van der Waals surface area contributed by atoms with E-state index in [9.17, 15) is 0 Å². The van der Waals surface area contributed by atoms with Crippen LogP contribution in [0, 0.1) is 6.92 Å². The number of aromatic nitrogens is 2. The molecule has 2 N–H and O–H groups in total. The minimum Gasteiger partial charge on any atom is -0.307 e. The standard InChI is InChI=1S/C11H21N3/c1-5-10(6-2)13-8(3)11-7-12-14-9(11)4/h7-8,10,13H,5-6H2,1-4H3,(H,12,14). The minimum absolute atomic E-state index is 0.388. The Morgan fingerprint density at radius 2 is 2.07 bits per heavy atom. The van der Waals surface area contributed by atoms with Crippen LogP contribution in [-0.2, 0) is 0 Å². The normalized spacial score (nSPS) is 13.5. The van der Waals surface area contributed by atoms with Gasteiger partial charge in [0.25, 0.3) is 0 Å². The maximum absolute atomic E-state index is 4.04. The molecule has 80 valence electrons. The van der Waals surface area contributed by atoms with Gasteiger partial charge >= 0.3 is 0 Å². The molecule has 0 aliphatic heterocycles. The quantitative estimate of drug-likeness (QED) is 0.758. The summed E-state index contributed by atoms with van der Waals surface area (Å²) in [6.07, 6.45) is 4.27. The van der Waals surface area contributed by atoms with Crippen molar-refractivity contribution in [1.82, 2.24) is 15.5 Å². The highest BCUT2D eigenvalue weighted by molar-refractivity contribution is 5.18. The summed E-state index contributed by atoms with van der Waals surface area (Å²) in [6.45, 7) is 8.69. The monoisotopic (exact) mass is 195 g/mol. The zero-order valence-corrected chi connectivity index (χ0v) is 9.59. The molecule has 0 saturated carbocycles. The maximum atomic E-state index is 4.04. The van der Waals surface area contributed by atoms with Crippen LogP contribution in [-0.4, -0.2) is 16.2 Å². The third-order valence-corrected chi connectivity index (χ3v) is 2.81. The molecule has 1 heterocycles. The third kappa shape index (κ3) is 2.58. The van der Waals surface area contributed by atoms with Crippen molar-refractivity contribution in [2.45, 2.75) is 52.6 Å². The average Bonchev–Trinajstić information content (AvgIpc) is 2.60. The van der Waals surface area contributed by atoms with Crippen molar-refractivity contribution in [3.05, 3.63) is 17.5 Å². The van der Waals surface area contributed by atoms with E-state index in [1.807, 2.05) is 6.20 Å². The van der Waals surface area contributed by atoms with Crippen LogP contribution in [0.2, 0.25) is 0 Å². The summed E-state index contributed by atoms with van der Waals surface area (Å²) in [4.78, 5) is 0. The summed E-state index contributed by atoms with van der Waals surface area (Å²) >= 11 is 0. The summed E-state index contributed by atoms with van der Waals surface area (Å²) in [7, 11) is 0. The number of hydrogen-bond donors (Lipinski definition) is 2. The van der Waals surface area contributed by atoms with Gasteiger partial charge in [0.05, 0.1) is 6.20 Å². The Morgan fingerprint density at radius 3 is 2.50 bits per heavy atom. The van der Waals surface area contributed by atoms with Crippen LogP contribution < -0.4 is 5.32 Å². The van der Waals surface area contributed by atoms with E-state index in [-0.39, 0.29) is 0 Å². The molecule has 0 saturated heterocycles. The van der Waals surface area contributed by atoms with Gasteiger partial charge in [-0.2, -0.15) is 5.10 Å². The molecule has 1 rings (SSSR count). The molecule has 1 aromatic rings. The van der Waals surface area contributed by atoms with E-state index in [2.05, 4.69) is 43.2 Å². The van der Waals surface area contributed by atoms with Crippen LogP contribution in [0.15, 0.2) is 6.20 Å². The number of H-pyrrole nitrogens is 1. The van der Waals surface area contributed by atoms with Crippen molar-refractivity contribution >= 4 is 0 Å². The molecule has 1 aromatic heterocycles. The summed E-state index contributed by atoms with van der Waals surface area (Å²) in [5.41, 5.74) is 2.44. The molecule has 0 amide bonds. The average molecular weight is 195 g/mol. The molecule has 1 unspecified atom stereocenters. The van der Waals surface area contributed by atoms with Gasteiger partial charge in [-0.3, -0.25) is 5.10 Å². The highest BCUT2D eigenvalue weighted by atomic mass is 15.1. The van der Waals surface area contributed by atoms with Crippen LogP contribution in [0.5, 0.6) is 0 Å². The molecule has 0 aliphatic carbocycles. The molecule has 0 radical (unpaired) electrons. The van der Waals surface area contributed by atoms with E-state index in [0.717, 1.165) is 5.69 Å². The van der Waals surface area contributed by atoms with Crippen LogP contribution in [0.4, 0.5) is 0 Å². The van der Waals surface area contributed by atoms with Gasteiger partial charge in [0.1, 0.15) is 0 Å². The van der Waals surface area contributed by atoms with E-state index in [0.29, 0.717) is 12.1 Å². The number of nitrogens with one attached hydrogen (secondary N) is 2. The molecule has 0 aromatic carbocycles. The Morgan fingerprint density at radius 1 is 1.43 bits per heavy atom. The topological polar surface area (TPSA) is 40.7 Å². The first kappa shape index (κ1) is 11.2. The van der Waals surface area contributed by atoms with Gasteiger partial charge in [-0.1, -0.05) is 13.8 Å². The summed E-state index contributed by atoms with van der Waals surface area (Å²) in [5, 5.41) is 10.6. The second-order valence-electron chi connectivity index (χ2n) is 3.85. The van der Waals surface area contributed by atoms with Crippen molar-refractivity contribution in [1.29, 1.82) is 0 Å². The van der Waals surface area contributed by atoms with Crippen LogP contribution in [0.1, 0.15) is 50.9 Å². The fourth-order valence-electron chi connectivity index (χ4n) is 1.76. The predicted molar refractivity (Wildman–Crippen MR) is 59.2 cm³/mol. The van der Waals surface area contributed by atoms with Crippen molar-refractivity contribution in [3.8, 4) is 0 Å².